The molecule has 0 spiro atoms. The molecule has 5 N–H and O–H groups in total. The van der Waals surface area contributed by atoms with Gasteiger partial charge in [-0.25, -0.2) is 23.5 Å². The molecule has 0 unspecified atom stereocenters. The molecule has 2 aromatic heterocycles. The molecular formula is C20H25F2N7O2. The maximum atomic E-state index is 14.6. The normalized spacial score (nSPS) is 12.6. The molecular weight excluding hydrogens is 408 g/mol. The Labute approximate surface area is 178 Å². The van der Waals surface area contributed by atoms with Crippen LogP contribution in [0.5, 0.6) is 0 Å². The average molecular weight is 433 g/mol. The third-order valence-electron chi connectivity index (χ3n) is 4.44. The van der Waals surface area contributed by atoms with Gasteiger partial charge in [0, 0.05) is 25.2 Å². The van der Waals surface area contributed by atoms with Gasteiger partial charge in [0.25, 0.3) is 0 Å². The number of pyridine rings is 2. The van der Waals surface area contributed by atoms with E-state index in [0.29, 0.717) is 6.42 Å². The Morgan fingerprint density at radius 3 is 2.42 bits per heavy atom. The molecule has 0 fully saturated rings. The maximum absolute atomic E-state index is 14.6. The minimum absolute atomic E-state index is 0.00644. The molecule has 0 aliphatic carbocycles. The quantitative estimate of drug-likeness (QED) is 0.402. The molecule has 0 saturated heterocycles. The predicted octanol–water partition coefficient (Wildman–Crippen LogP) is 3.89. The smallest absolute Gasteiger partial charge is 0.404 e. The number of carboxylic acid groups (broad SMARTS) is 1. The van der Waals surface area contributed by atoms with Gasteiger partial charge in [-0.1, -0.05) is 13.8 Å². The second kappa shape index (κ2) is 10.4. The lowest BCUT2D eigenvalue weighted by Crippen LogP contribution is -2.45. The van der Waals surface area contributed by atoms with Crippen LogP contribution in [0, 0.1) is 28.9 Å². The zero-order chi connectivity index (χ0) is 23.1. The minimum Gasteiger partial charge on any atom is -0.465 e. The first kappa shape index (κ1) is 23.6. The van der Waals surface area contributed by atoms with Gasteiger partial charge in [-0.05, 0) is 25.3 Å². The van der Waals surface area contributed by atoms with Gasteiger partial charge < -0.3 is 26.4 Å². The van der Waals surface area contributed by atoms with E-state index in [0.717, 1.165) is 6.07 Å². The van der Waals surface area contributed by atoms with Gasteiger partial charge in [0.05, 0.1) is 17.4 Å². The van der Waals surface area contributed by atoms with E-state index in [1.54, 1.807) is 6.92 Å². The van der Waals surface area contributed by atoms with E-state index in [2.05, 4.69) is 31.2 Å². The lowest BCUT2D eigenvalue weighted by Gasteiger charge is -2.27. The number of halogens is 2. The van der Waals surface area contributed by atoms with Crippen LogP contribution in [0.3, 0.4) is 0 Å². The number of rotatable bonds is 9. The summed E-state index contributed by atoms with van der Waals surface area (Å²) in [5.74, 6) is -1.30. The monoisotopic (exact) mass is 433 g/mol. The number of amides is 1. The van der Waals surface area contributed by atoms with Crippen LogP contribution >= 0.6 is 0 Å². The van der Waals surface area contributed by atoms with E-state index in [1.807, 2.05) is 19.9 Å². The molecule has 2 aromatic rings. The Hall–Kier alpha value is -3.68. The number of hydrogen-bond acceptors (Lipinski definition) is 7. The molecule has 0 aromatic carbocycles. The molecule has 0 radical (unpaired) electrons. The first-order valence-electron chi connectivity index (χ1n) is 9.61. The van der Waals surface area contributed by atoms with Crippen LogP contribution in [-0.2, 0) is 0 Å². The molecule has 0 aliphatic rings. The lowest BCUT2D eigenvalue weighted by molar-refractivity contribution is 0.188. The van der Waals surface area contributed by atoms with Crippen molar-refractivity contribution in [2.75, 3.05) is 23.0 Å². The number of nitriles is 1. The third kappa shape index (κ3) is 6.40. The van der Waals surface area contributed by atoms with E-state index in [9.17, 15) is 18.8 Å². The molecule has 11 heteroatoms. The van der Waals surface area contributed by atoms with Crippen molar-refractivity contribution in [3.63, 3.8) is 0 Å². The molecule has 166 valence electrons. The summed E-state index contributed by atoms with van der Waals surface area (Å²) < 4.78 is 28.6. The molecule has 0 aliphatic heterocycles. The Morgan fingerprint density at radius 2 is 1.87 bits per heavy atom. The van der Waals surface area contributed by atoms with Crippen LogP contribution in [-0.4, -0.2) is 40.3 Å². The van der Waals surface area contributed by atoms with E-state index in [1.165, 1.54) is 19.3 Å². The van der Waals surface area contributed by atoms with E-state index in [4.69, 9.17) is 5.11 Å². The summed E-state index contributed by atoms with van der Waals surface area (Å²) in [6, 6.07) is 3.01. The fourth-order valence-corrected chi connectivity index (χ4v) is 2.96. The van der Waals surface area contributed by atoms with Gasteiger partial charge in [-0.2, -0.15) is 5.26 Å². The fraction of sp³-hybridized carbons (Fsp3) is 0.400. The zero-order valence-corrected chi connectivity index (χ0v) is 17.6. The topological polar surface area (TPSA) is 135 Å². The molecule has 2 heterocycles. The highest BCUT2D eigenvalue weighted by Gasteiger charge is 2.23. The summed E-state index contributed by atoms with van der Waals surface area (Å²) in [7, 11) is 1.53. The number of nitrogens with zero attached hydrogens (tertiary/aromatic N) is 3. The van der Waals surface area contributed by atoms with Crippen LogP contribution in [0.15, 0.2) is 18.3 Å². The summed E-state index contributed by atoms with van der Waals surface area (Å²) in [6.07, 6.45) is 0.679. The molecule has 0 saturated carbocycles. The van der Waals surface area contributed by atoms with Gasteiger partial charge in [-0.3, -0.25) is 0 Å². The van der Waals surface area contributed by atoms with Crippen molar-refractivity contribution in [2.24, 2.45) is 5.92 Å². The van der Waals surface area contributed by atoms with Crippen molar-refractivity contribution < 1.29 is 18.7 Å². The molecule has 2 rings (SSSR count). The molecule has 9 nitrogen and oxygen atoms in total. The number of nitrogens with one attached hydrogen (secondary N) is 4. The maximum Gasteiger partial charge on any atom is 0.404 e. The van der Waals surface area contributed by atoms with Gasteiger partial charge >= 0.3 is 6.09 Å². The number of carbonyl (C=O) groups is 1. The zero-order valence-electron chi connectivity index (χ0n) is 17.6. The number of aromatic nitrogens is 2. The summed E-state index contributed by atoms with van der Waals surface area (Å²) in [4.78, 5) is 19.1. The predicted molar refractivity (Wildman–Crippen MR) is 113 cm³/mol. The van der Waals surface area contributed by atoms with E-state index in [-0.39, 0.29) is 34.6 Å². The molecule has 1 amide bonds. The van der Waals surface area contributed by atoms with Crippen LogP contribution in [0.2, 0.25) is 0 Å². The summed E-state index contributed by atoms with van der Waals surface area (Å²) in [5, 5.41) is 29.0. The Morgan fingerprint density at radius 1 is 1.19 bits per heavy atom. The largest absolute Gasteiger partial charge is 0.465 e. The molecule has 0 bridgehead atoms. The Balaban J connectivity index is 2.36. The number of anilines is 4. The van der Waals surface area contributed by atoms with Crippen molar-refractivity contribution >= 4 is 29.2 Å². The molecule has 31 heavy (non-hydrogen) atoms. The van der Waals surface area contributed by atoms with Crippen molar-refractivity contribution in [1.29, 1.82) is 5.26 Å². The molecule has 2 atom stereocenters. The highest BCUT2D eigenvalue weighted by atomic mass is 19.1. The van der Waals surface area contributed by atoms with Gasteiger partial charge in [-0.15, -0.1) is 0 Å². The highest BCUT2D eigenvalue weighted by molar-refractivity contribution is 5.66. The van der Waals surface area contributed by atoms with Crippen molar-refractivity contribution in [1.82, 2.24) is 15.3 Å². The minimum atomic E-state index is -1.20. The fourth-order valence-electron chi connectivity index (χ4n) is 2.96. The number of hydrogen-bond donors (Lipinski definition) is 5. The highest BCUT2D eigenvalue weighted by Crippen LogP contribution is 2.26. The summed E-state index contributed by atoms with van der Waals surface area (Å²) >= 11 is 0. The standard InChI is InChI=1S/C20H25F2N7O2/c1-10(2)5-16(11(3)26-20(30)31)28-19-14(21)6-12(8-23)17(29-19)27-13-7-15(22)18(24-4)25-9-13/h6-7,9-11,16,26H,5H2,1-4H3,(H,24,25)(H,30,31)(H2,27,28,29)/t11-,16+/m0/s1. The van der Waals surface area contributed by atoms with Crippen molar-refractivity contribution in [3.05, 3.63) is 35.5 Å². The van der Waals surface area contributed by atoms with Crippen LogP contribution in [0.1, 0.15) is 32.8 Å². The van der Waals surface area contributed by atoms with Crippen molar-refractivity contribution in [2.45, 2.75) is 39.3 Å². The van der Waals surface area contributed by atoms with Crippen LogP contribution in [0.25, 0.3) is 0 Å². The van der Waals surface area contributed by atoms with E-state index < -0.39 is 29.8 Å². The second-order valence-electron chi connectivity index (χ2n) is 7.37. The van der Waals surface area contributed by atoms with Gasteiger partial charge in [0.15, 0.2) is 29.1 Å². The van der Waals surface area contributed by atoms with Gasteiger partial charge in [0.2, 0.25) is 0 Å². The summed E-state index contributed by atoms with van der Waals surface area (Å²) in [5.41, 5.74) is 0.135. The van der Waals surface area contributed by atoms with Gasteiger partial charge in [0.1, 0.15) is 6.07 Å². The van der Waals surface area contributed by atoms with Crippen LogP contribution in [0.4, 0.5) is 36.7 Å². The first-order chi connectivity index (χ1) is 14.6. The van der Waals surface area contributed by atoms with Crippen molar-refractivity contribution in [3.8, 4) is 6.07 Å². The van der Waals surface area contributed by atoms with E-state index >= 15 is 0 Å². The van der Waals surface area contributed by atoms with Crippen LogP contribution < -0.4 is 21.3 Å². The second-order valence-corrected chi connectivity index (χ2v) is 7.37. The average Bonchev–Trinajstić information content (AvgIpc) is 2.68. The lowest BCUT2D eigenvalue weighted by atomic mass is 9.98. The summed E-state index contributed by atoms with van der Waals surface area (Å²) in [6.45, 7) is 5.56. The first-order valence-corrected chi connectivity index (χ1v) is 9.61. The third-order valence-corrected chi connectivity index (χ3v) is 4.44. The SMILES string of the molecule is CNc1ncc(Nc2nc(N[C@H](CC(C)C)[C@H](C)NC(=O)O)c(F)cc2C#N)cc1F. The Bertz CT molecular complexity index is 979. The Kier molecular flexibility index (Phi) is 7.90.